The van der Waals surface area contributed by atoms with Crippen LogP contribution in [0.2, 0.25) is 0 Å². The minimum absolute atomic E-state index is 0.0792. The predicted octanol–water partition coefficient (Wildman–Crippen LogP) is 15.0. The molecule has 0 aliphatic carbocycles. The van der Waals surface area contributed by atoms with Gasteiger partial charge in [-0.25, -0.2) is 0 Å². The van der Waals surface area contributed by atoms with Crippen molar-refractivity contribution >= 4 is 17.9 Å². The summed E-state index contributed by atoms with van der Waals surface area (Å²) in [5.41, 5.74) is 0. The van der Waals surface area contributed by atoms with Crippen LogP contribution in [0.4, 0.5) is 0 Å². The van der Waals surface area contributed by atoms with Gasteiger partial charge in [0.2, 0.25) is 0 Å². The summed E-state index contributed by atoms with van der Waals surface area (Å²) in [5.74, 6) is -0.905. The van der Waals surface area contributed by atoms with Crippen LogP contribution in [-0.2, 0) is 28.6 Å². The van der Waals surface area contributed by atoms with Crippen molar-refractivity contribution in [2.24, 2.45) is 0 Å². The first-order chi connectivity index (χ1) is 27.0. The van der Waals surface area contributed by atoms with Crippen molar-refractivity contribution < 1.29 is 28.6 Å². The lowest BCUT2D eigenvalue weighted by molar-refractivity contribution is -0.167. The lowest BCUT2D eigenvalue weighted by atomic mass is 10.0. The zero-order valence-corrected chi connectivity index (χ0v) is 36.4. The summed E-state index contributed by atoms with van der Waals surface area (Å²) < 4.78 is 16.7. The smallest absolute Gasteiger partial charge is 0.306 e. The van der Waals surface area contributed by atoms with E-state index < -0.39 is 6.10 Å². The molecule has 0 aromatic carbocycles. The minimum atomic E-state index is -0.778. The number of carbonyl (C=O) groups is 3. The van der Waals surface area contributed by atoms with Gasteiger partial charge in [-0.15, -0.1) is 0 Å². The van der Waals surface area contributed by atoms with Crippen LogP contribution in [0.1, 0.15) is 239 Å². The maximum Gasteiger partial charge on any atom is 0.306 e. The van der Waals surface area contributed by atoms with Gasteiger partial charge in [0.1, 0.15) is 13.2 Å². The minimum Gasteiger partial charge on any atom is -0.462 e. The highest BCUT2D eigenvalue weighted by Crippen LogP contribution is 2.15. The van der Waals surface area contributed by atoms with Crippen molar-refractivity contribution in [1.29, 1.82) is 0 Å². The van der Waals surface area contributed by atoms with Crippen molar-refractivity contribution in [3.05, 3.63) is 36.5 Å². The van der Waals surface area contributed by atoms with Gasteiger partial charge in [-0.3, -0.25) is 14.4 Å². The maximum atomic E-state index is 12.7. The van der Waals surface area contributed by atoms with Crippen molar-refractivity contribution in [3.8, 4) is 0 Å². The molecule has 6 nitrogen and oxygen atoms in total. The molecule has 0 N–H and O–H groups in total. The largest absolute Gasteiger partial charge is 0.462 e. The van der Waals surface area contributed by atoms with Crippen LogP contribution < -0.4 is 0 Å². The molecule has 0 radical (unpaired) electrons. The third-order valence-electron chi connectivity index (χ3n) is 10.1. The van der Waals surface area contributed by atoms with E-state index in [4.69, 9.17) is 14.2 Å². The average Bonchev–Trinajstić information content (AvgIpc) is 3.18. The van der Waals surface area contributed by atoms with Crippen molar-refractivity contribution in [2.75, 3.05) is 13.2 Å². The van der Waals surface area contributed by atoms with Crippen LogP contribution in [0.25, 0.3) is 0 Å². The summed E-state index contributed by atoms with van der Waals surface area (Å²) in [7, 11) is 0. The number of unbranched alkanes of at least 4 members (excludes halogenated alkanes) is 25. The fourth-order valence-electron chi connectivity index (χ4n) is 6.58. The molecular formula is C49H88O6. The van der Waals surface area contributed by atoms with Gasteiger partial charge in [0.15, 0.2) is 6.10 Å². The average molecular weight is 773 g/mol. The Morgan fingerprint density at radius 1 is 0.382 bits per heavy atom. The summed E-state index contributed by atoms with van der Waals surface area (Å²) in [6.07, 6.45) is 49.9. The van der Waals surface area contributed by atoms with Crippen LogP contribution in [0.3, 0.4) is 0 Å². The molecule has 320 valence electrons. The summed E-state index contributed by atoms with van der Waals surface area (Å²) in [5, 5.41) is 0. The molecule has 0 amide bonds. The Kier molecular flexibility index (Phi) is 42.4. The highest BCUT2D eigenvalue weighted by atomic mass is 16.6. The second-order valence-electron chi connectivity index (χ2n) is 15.6. The summed E-state index contributed by atoms with van der Waals surface area (Å²) in [6.45, 7) is 6.47. The summed E-state index contributed by atoms with van der Waals surface area (Å²) in [6, 6.07) is 0. The number of hydrogen-bond acceptors (Lipinski definition) is 6. The Bertz CT molecular complexity index is 938. The van der Waals surface area contributed by atoms with Gasteiger partial charge < -0.3 is 14.2 Å². The third-order valence-corrected chi connectivity index (χ3v) is 10.1. The molecule has 1 atom stereocenters. The molecule has 0 aromatic heterocycles. The maximum absolute atomic E-state index is 12.7. The molecular weight excluding hydrogens is 685 g/mol. The van der Waals surface area contributed by atoms with Gasteiger partial charge in [0.25, 0.3) is 0 Å². The highest BCUT2D eigenvalue weighted by molar-refractivity contribution is 5.71. The van der Waals surface area contributed by atoms with Gasteiger partial charge in [0.05, 0.1) is 0 Å². The normalized spacial score (nSPS) is 12.3. The lowest BCUT2D eigenvalue weighted by Crippen LogP contribution is -2.30. The molecule has 0 bridgehead atoms. The molecule has 0 saturated heterocycles. The van der Waals surface area contributed by atoms with Crippen LogP contribution in [0, 0.1) is 0 Å². The summed E-state index contributed by atoms with van der Waals surface area (Å²) >= 11 is 0. The van der Waals surface area contributed by atoms with Gasteiger partial charge in [0, 0.05) is 19.3 Å². The van der Waals surface area contributed by atoms with Crippen LogP contribution >= 0.6 is 0 Å². The molecule has 0 saturated carbocycles. The lowest BCUT2D eigenvalue weighted by Gasteiger charge is -2.18. The Morgan fingerprint density at radius 3 is 1.16 bits per heavy atom. The summed E-state index contributed by atoms with van der Waals surface area (Å²) in [4.78, 5) is 37.7. The van der Waals surface area contributed by atoms with Gasteiger partial charge in [-0.1, -0.05) is 192 Å². The molecule has 0 spiro atoms. The third kappa shape index (κ3) is 42.6. The second kappa shape index (κ2) is 44.3. The Labute approximate surface area is 340 Å². The molecule has 0 aromatic rings. The van der Waals surface area contributed by atoms with E-state index in [1.54, 1.807) is 0 Å². The molecule has 0 aliphatic heterocycles. The molecule has 0 aliphatic rings. The molecule has 0 fully saturated rings. The van der Waals surface area contributed by atoms with E-state index in [9.17, 15) is 14.4 Å². The number of allylic oxidation sites excluding steroid dienone is 6. The fraction of sp³-hybridized carbons (Fsp3) is 0.816. The zero-order valence-electron chi connectivity index (χ0n) is 36.4. The SMILES string of the molecule is CC/C=C\C/C=C\CCCCCCCC(=O)OC(COC(=O)CCCCCC/C=C\CCCC)COC(=O)CCCCCCCCCCCCCCCCC. The van der Waals surface area contributed by atoms with Gasteiger partial charge in [-0.2, -0.15) is 0 Å². The fourth-order valence-corrected chi connectivity index (χ4v) is 6.58. The number of carbonyl (C=O) groups excluding carboxylic acids is 3. The van der Waals surface area contributed by atoms with Gasteiger partial charge >= 0.3 is 17.9 Å². The number of hydrogen-bond donors (Lipinski definition) is 0. The Balaban J connectivity index is 4.35. The van der Waals surface area contributed by atoms with E-state index in [1.165, 1.54) is 89.9 Å². The van der Waals surface area contributed by atoms with E-state index in [-0.39, 0.29) is 31.1 Å². The molecule has 0 rings (SSSR count). The molecule has 55 heavy (non-hydrogen) atoms. The van der Waals surface area contributed by atoms with E-state index in [0.717, 1.165) is 109 Å². The number of esters is 3. The monoisotopic (exact) mass is 773 g/mol. The van der Waals surface area contributed by atoms with E-state index in [1.807, 2.05) is 0 Å². The van der Waals surface area contributed by atoms with Crippen LogP contribution in [-0.4, -0.2) is 37.2 Å². The topological polar surface area (TPSA) is 78.9 Å². The van der Waals surface area contributed by atoms with Crippen molar-refractivity contribution in [2.45, 2.75) is 245 Å². The van der Waals surface area contributed by atoms with E-state index in [2.05, 4.69) is 57.2 Å². The highest BCUT2D eigenvalue weighted by Gasteiger charge is 2.19. The van der Waals surface area contributed by atoms with Crippen LogP contribution in [0.15, 0.2) is 36.5 Å². The molecule has 0 heterocycles. The first kappa shape index (κ1) is 52.6. The quantitative estimate of drug-likeness (QED) is 0.0266. The molecule has 6 heteroatoms. The first-order valence-corrected chi connectivity index (χ1v) is 23.5. The van der Waals surface area contributed by atoms with E-state index in [0.29, 0.717) is 19.3 Å². The van der Waals surface area contributed by atoms with Crippen LogP contribution in [0.5, 0.6) is 0 Å². The number of ether oxygens (including phenoxy) is 3. The second-order valence-corrected chi connectivity index (χ2v) is 15.6. The van der Waals surface area contributed by atoms with Gasteiger partial charge in [-0.05, 0) is 64.2 Å². The van der Waals surface area contributed by atoms with E-state index >= 15 is 0 Å². The predicted molar refractivity (Wildman–Crippen MR) is 233 cm³/mol. The molecule has 1 unspecified atom stereocenters. The number of rotatable bonds is 42. The standard InChI is InChI=1S/C49H88O6/c1-4-7-10-13-16-19-22-24-25-26-28-30-33-36-39-42-48(51)54-45-46(44-53-47(50)41-38-35-32-29-21-18-15-12-9-6-3)55-49(52)43-40-37-34-31-27-23-20-17-14-11-8-5-2/h8,11,15,17-18,20,46H,4-7,9-10,12-14,16,19,21-45H2,1-3H3/b11-8-,18-15-,20-17-. The Morgan fingerprint density at radius 2 is 0.727 bits per heavy atom. The Hall–Kier alpha value is -2.37. The van der Waals surface area contributed by atoms with Crippen molar-refractivity contribution in [3.63, 3.8) is 0 Å². The first-order valence-electron chi connectivity index (χ1n) is 23.5. The van der Waals surface area contributed by atoms with Crippen molar-refractivity contribution in [1.82, 2.24) is 0 Å². The zero-order chi connectivity index (χ0) is 40.1.